The molecule has 3 rings (SSSR count). The number of rotatable bonds is 9. The van der Waals surface area contributed by atoms with Crippen molar-refractivity contribution in [2.24, 2.45) is 4.99 Å². The number of furan rings is 1. The lowest BCUT2D eigenvalue weighted by Gasteiger charge is -2.14. The van der Waals surface area contributed by atoms with Crippen molar-refractivity contribution < 1.29 is 13.9 Å². The van der Waals surface area contributed by atoms with E-state index in [1.807, 2.05) is 36.4 Å². The summed E-state index contributed by atoms with van der Waals surface area (Å²) in [5.74, 6) is 1.74. The summed E-state index contributed by atoms with van der Waals surface area (Å²) in [7, 11) is 3.53. The average molecular weight is 540 g/mol. The Balaban J connectivity index is 0.00000341. The van der Waals surface area contributed by atoms with Crippen LogP contribution in [-0.2, 0) is 17.6 Å². The normalized spacial score (nSPS) is 15.9. The predicted molar refractivity (Wildman–Crippen MR) is 133 cm³/mol. The van der Waals surface area contributed by atoms with E-state index in [9.17, 15) is 4.79 Å². The highest BCUT2D eigenvalue weighted by atomic mass is 127. The molecule has 1 atom stereocenters. The van der Waals surface area contributed by atoms with Gasteiger partial charge >= 0.3 is 0 Å². The zero-order chi connectivity index (χ0) is 21.2. The molecular weight excluding hydrogens is 507 g/mol. The number of hydrogen-bond acceptors (Lipinski definition) is 4. The molecule has 1 unspecified atom stereocenters. The molecule has 1 saturated heterocycles. The average Bonchev–Trinajstić information content (AvgIpc) is 3.45. The first kappa shape index (κ1) is 25.2. The third-order valence-electron chi connectivity index (χ3n) is 5.01. The number of benzene rings is 1. The van der Waals surface area contributed by atoms with Crippen LogP contribution in [0.15, 0.2) is 52.1 Å². The van der Waals surface area contributed by atoms with Crippen LogP contribution in [0.1, 0.15) is 34.5 Å². The van der Waals surface area contributed by atoms with Crippen molar-refractivity contribution in [2.45, 2.75) is 31.8 Å². The maximum absolute atomic E-state index is 12.2. The SMILES string of the molecule is CN(C)C(=O)c1cccc(CCNC(=NCC2CCCO2)NCCc2ccco2)c1.I. The molecule has 2 N–H and O–H groups in total. The minimum absolute atomic E-state index is 0. The van der Waals surface area contributed by atoms with Crippen LogP contribution in [0.5, 0.6) is 0 Å². The van der Waals surface area contributed by atoms with Crippen LogP contribution in [0.4, 0.5) is 0 Å². The first-order valence-corrected chi connectivity index (χ1v) is 10.6. The van der Waals surface area contributed by atoms with Crippen LogP contribution >= 0.6 is 24.0 Å². The molecule has 7 nitrogen and oxygen atoms in total. The van der Waals surface area contributed by atoms with Gasteiger partial charge in [0.15, 0.2) is 5.96 Å². The number of amides is 1. The van der Waals surface area contributed by atoms with Gasteiger partial charge in [0.1, 0.15) is 5.76 Å². The van der Waals surface area contributed by atoms with Crippen LogP contribution in [-0.4, -0.2) is 63.2 Å². The predicted octanol–water partition coefficient (Wildman–Crippen LogP) is 3.10. The number of nitrogens with one attached hydrogen (secondary N) is 2. The highest BCUT2D eigenvalue weighted by molar-refractivity contribution is 14.0. The zero-order valence-electron chi connectivity index (χ0n) is 18.3. The van der Waals surface area contributed by atoms with E-state index >= 15 is 0 Å². The van der Waals surface area contributed by atoms with Gasteiger partial charge in [-0.25, -0.2) is 0 Å². The van der Waals surface area contributed by atoms with Crippen LogP contribution in [0.25, 0.3) is 0 Å². The van der Waals surface area contributed by atoms with E-state index in [2.05, 4.69) is 10.6 Å². The Labute approximate surface area is 201 Å². The van der Waals surface area contributed by atoms with Crippen molar-refractivity contribution in [3.63, 3.8) is 0 Å². The van der Waals surface area contributed by atoms with Crippen molar-refractivity contribution in [2.75, 3.05) is 40.3 Å². The Hall–Kier alpha value is -2.07. The van der Waals surface area contributed by atoms with Crippen molar-refractivity contribution in [3.8, 4) is 0 Å². The summed E-state index contributed by atoms with van der Waals surface area (Å²) in [6.45, 7) is 2.94. The first-order chi connectivity index (χ1) is 14.6. The Bertz CT molecular complexity index is 818. The highest BCUT2D eigenvalue weighted by Gasteiger charge is 2.15. The highest BCUT2D eigenvalue weighted by Crippen LogP contribution is 2.12. The van der Waals surface area contributed by atoms with Crippen LogP contribution < -0.4 is 10.6 Å². The molecule has 0 bridgehead atoms. The Morgan fingerprint density at radius 2 is 1.97 bits per heavy atom. The maximum Gasteiger partial charge on any atom is 0.253 e. The molecule has 1 fully saturated rings. The number of guanidine groups is 1. The Morgan fingerprint density at radius 3 is 2.65 bits per heavy atom. The second kappa shape index (κ2) is 13.4. The molecule has 1 aromatic carbocycles. The Kier molecular flexibility index (Phi) is 10.9. The molecular formula is C23H33IN4O3. The number of nitrogens with zero attached hydrogens (tertiary/aromatic N) is 2. The molecule has 1 aliphatic rings. The summed E-state index contributed by atoms with van der Waals surface area (Å²) in [6.07, 6.45) is 5.67. The third-order valence-corrected chi connectivity index (χ3v) is 5.01. The minimum atomic E-state index is 0. The number of carbonyl (C=O) groups is 1. The standard InChI is InChI=1S/C23H32N4O3.HI/c1-27(2)22(28)19-7-3-6-18(16-19)10-12-24-23(26-17-21-9-5-15-30-21)25-13-11-20-8-4-14-29-20;/h3-4,6-8,14,16,21H,5,9-13,15,17H2,1-2H3,(H2,24,25,26);1H. The van der Waals surface area contributed by atoms with Crippen molar-refractivity contribution in [3.05, 3.63) is 59.5 Å². The van der Waals surface area contributed by atoms with Gasteiger partial charge in [-0.15, -0.1) is 24.0 Å². The number of aliphatic imine (C=N–C) groups is 1. The summed E-state index contributed by atoms with van der Waals surface area (Å²) in [6, 6.07) is 11.7. The van der Waals surface area contributed by atoms with Crippen molar-refractivity contribution in [1.29, 1.82) is 0 Å². The fraction of sp³-hybridized carbons (Fsp3) is 0.478. The minimum Gasteiger partial charge on any atom is -0.469 e. The first-order valence-electron chi connectivity index (χ1n) is 10.6. The van der Waals surface area contributed by atoms with Gasteiger partial charge in [-0.05, 0) is 49.1 Å². The molecule has 31 heavy (non-hydrogen) atoms. The molecule has 0 radical (unpaired) electrons. The van der Waals surface area contributed by atoms with Gasteiger partial charge in [0, 0.05) is 45.8 Å². The van der Waals surface area contributed by atoms with E-state index in [-0.39, 0.29) is 36.0 Å². The monoisotopic (exact) mass is 540 g/mol. The van der Waals surface area contributed by atoms with Gasteiger partial charge in [-0.2, -0.15) is 0 Å². The third kappa shape index (κ3) is 8.53. The Morgan fingerprint density at radius 1 is 1.16 bits per heavy atom. The maximum atomic E-state index is 12.2. The van der Waals surface area contributed by atoms with E-state index in [0.717, 1.165) is 62.7 Å². The summed E-state index contributed by atoms with van der Waals surface area (Å²) in [5, 5.41) is 6.78. The van der Waals surface area contributed by atoms with Crippen molar-refractivity contribution >= 4 is 35.8 Å². The molecule has 1 aromatic heterocycles. The van der Waals surface area contributed by atoms with Crippen LogP contribution in [0.2, 0.25) is 0 Å². The largest absolute Gasteiger partial charge is 0.469 e. The van der Waals surface area contributed by atoms with Gasteiger partial charge in [0.25, 0.3) is 5.91 Å². The number of carbonyl (C=O) groups excluding carboxylic acids is 1. The fourth-order valence-corrected chi connectivity index (χ4v) is 3.36. The summed E-state index contributed by atoms with van der Waals surface area (Å²) >= 11 is 0. The van der Waals surface area contributed by atoms with Gasteiger partial charge in [-0.1, -0.05) is 12.1 Å². The smallest absolute Gasteiger partial charge is 0.253 e. The summed E-state index contributed by atoms with van der Waals surface area (Å²) in [4.78, 5) is 18.5. The van der Waals surface area contributed by atoms with E-state index in [0.29, 0.717) is 12.1 Å². The number of ether oxygens (including phenoxy) is 1. The van der Waals surface area contributed by atoms with Crippen molar-refractivity contribution in [1.82, 2.24) is 15.5 Å². The second-order valence-corrected chi connectivity index (χ2v) is 7.66. The lowest BCUT2D eigenvalue weighted by molar-refractivity contribution is 0.0827. The molecule has 2 heterocycles. The number of halogens is 1. The summed E-state index contributed by atoms with van der Waals surface area (Å²) < 4.78 is 11.1. The van der Waals surface area contributed by atoms with Gasteiger partial charge in [-0.3, -0.25) is 9.79 Å². The molecule has 0 aliphatic carbocycles. The van der Waals surface area contributed by atoms with Gasteiger partial charge in [0.2, 0.25) is 0 Å². The summed E-state index contributed by atoms with van der Waals surface area (Å²) in [5.41, 5.74) is 1.82. The molecule has 1 aliphatic heterocycles. The molecule has 8 heteroatoms. The van der Waals surface area contributed by atoms with E-state index in [1.165, 1.54) is 0 Å². The van der Waals surface area contributed by atoms with E-state index < -0.39 is 0 Å². The second-order valence-electron chi connectivity index (χ2n) is 7.66. The number of hydrogen-bond donors (Lipinski definition) is 2. The van der Waals surface area contributed by atoms with E-state index in [4.69, 9.17) is 14.1 Å². The fourth-order valence-electron chi connectivity index (χ4n) is 3.36. The molecule has 170 valence electrons. The van der Waals surface area contributed by atoms with Gasteiger partial charge in [0.05, 0.1) is 18.9 Å². The quantitative estimate of drug-likeness (QED) is 0.291. The lowest BCUT2D eigenvalue weighted by atomic mass is 10.1. The molecule has 1 amide bonds. The molecule has 0 saturated carbocycles. The topological polar surface area (TPSA) is 79.1 Å². The molecule has 2 aromatic rings. The molecule has 0 spiro atoms. The van der Waals surface area contributed by atoms with Crippen LogP contribution in [0.3, 0.4) is 0 Å². The zero-order valence-corrected chi connectivity index (χ0v) is 20.6. The lowest BCUT2D eigenvalue weighted by Crippen LogP contribution is -2.40. The van der Waals surface area contributed by atoms with E-state index in [1.54, 1.807) is 25.3 Å². The van der Waals surface area contributed by atoms with Crippen LogP contribution in [0, 0.1) is 0 Å². The van der Waals surface area contributed by atoms with Gasteiger partial charge < -0.3 is 24.7 Å².